The highest BCUT2D eigenvalue weighted by Crippen LogP contribution is 2.07. The molecule has 0 rings (SSSR count). The van der Waals surface area contributed by atoms with E-state index in [9.17, 15) is 9.59 Å². The summed E-state index contributed by atoms with van der Waals surface area (Å²) in [4.78, 5) is 22.4. The highest BCUT2D eigenvalue weighted by atomic mass is 16.5. The molecule has 0 bridgehead atoms. The molecule has 0 saturated heterocycles. The zero-order valence-electron chi connectivity index (χ0n) is 11.2. The van der Waals surface area contributed by atoms with Crippen LogP contribution >= 0.6 is 0 Å². The van der Waals surface area contributed by atoms with Gasteiger partial charge in [0.1, 0.15) is 12.6 Å². The Morgan fingerprint density at radius 3 is 2.18 bits per heavy atom. The predicted molar refractivity (Wildman–Crippen MR) is 64.7 cm³/mol. The van der Waals surface area contributed by atoms with Gasteiger partial charge in [0.15, 0.2) is 0 Å². The first-order valence-electron chi connectivity index (χ1n) is 5.78. The van der Waals surface area contributed by atoms with Gasteiger partial charge in [0.25, 0.3) is 0 Å². The smallest absolute Gasteiger partial charge is 0.326 e. The maximum atomic E-state index is 11.5. The molecule has 17 heavy (non-hydrogen) atoms. The van der Waals surface area contributed by atoms with E-state index in [4.69, 9.17) is 9.84 Å². The molecule has 0 saturated carbocycles. The summed E-state index contributed by atoms with van der Waals surface area (Å²) >= 11 is 0. The van der Waals surface area contributed by atoms with Crippen molar-refractivity contribution in [1.82, 2.24) is 5.32 Å². The van der Waals surface area contributed by atoms with Crippen LogP contribution < -0.4 is 5.32 Å². The van der Waals surface area contributed by atoms with Gasteiger partial charge in [-0.1, -0.05) is 13.8 Å². The Hall–Kier alpha value is -1.10. The normalized spacial score (nSPS) is 13.5. The van der Waals surface area contributed by atoms with Crippen molar-refractivity contribution in [3.63, 3.8) is 0 Å². The van der Waals surface area contributed by atoms with Gasteiger partial charge in [0, 0.05) is 0 Å². The summed E-state index contributed by atoms with van der Waals surface area (Å²) in [5.41, 5.74) is -0.409. The largest absolute Gasteiger partial charge is 0.480 e. The van der Waals surface area contributed by atoms with Crippen molar-refractivity contribution in [3.8, 4) is 0 Å². The molecule has 0 spiro atoms. The highest BCUT2D eigenvalue weighted by Gasteiger charge is 2.22. The highest BCUT2D eigenvalue weighted by molar-refractivity contribution is 5.84. The fraction of sp³-hybridized carbons (Fsp3) is 0.833. The number of rotatable bonds is 6. The summed E-state index contributed by atoms with van der Waals surface area (Å²) in [5, 5.41) is 11.4. The molecule has 0 aliphatic heterocycles. The summed E-state index contributed by atoms with van der Waals surface area (Å²) < 4.78 is 5.27. The minimum atomic E-state index is -1.01. The van der Waals surface area contributed by atoms with Crippen LogP contribution in [0.15, 0.2) is 0 Å². The molecule has 5 heteroatoms. The molecule has 1 atom stereocenters. The van der Waals surface area contributed by atoms with E-state index in [1.165, 1.54) is 0 Å². The van der Waals surface area contributed by atoms with Gasteiger partial charge in [-0.3, -0.25) is 4.79 Å². The Bertz CT molecular complexity index is 268. The molecule has 0 aromatic heterocycles. The zero-order valence-corrected chi connectivity index (χ0v) is 11.2. The lowest BCUT2D eigenvalue weighted by molar-refractivity contribution is -0.144. The second-order valence-corrected chi connectivity index (χ2v) is 5.49. The summed E-state index contributed by atoms with van der Waals surface area (Å²) in [7, 11) is 0. The standard InChI is InChI=1S/C12H23NO4/c1-8(2)6-9(11(15)16)13-10(14)7-17-12(3,4)5/h8-9H,6-7H2,1-5H3,(H,13,14)(H,15,16). The molecule has 0 aromatic carbocycles. The second kappa shape index (κ2) is 6.59. The Morgan fingerprint density at radius 2 is 1.82 bits per heavy atom. The van der Waals surface area contributed by atoms with Crippen molar-refractivity contribution in [2.75, 3.05) is 6.61 Å². The van der Waals surface area contributed by atoms with Crippen LogP contribution in [-0.4, -0.2) is 35.2 Å². The van der Waals surface area contributed by atoms with Gasteiger partial charge in [0.05, 0.1) is 5.60 Å². The molecule has 1 amide bonds. The Morgan fingerprint density at radius 1 is 1.29 bits per heavy atom. The summed E-state index contributed by atoms with van der Waals surface area (Å²) in [6, 6.07) is -0.842. The minimum Gasteiger partial charge on any atom is -0.480 e. The number of amides is 1. The maximum absolute atomic E-state index is 11.5. The lowest BCUT2D eigenvalue weighted by atomic mass is 10.0. The van der Waals surface area contributed by atoms with Gasteiger partial charge in [-0.15, -0.1) is 0 Å². The number of aliphatic carboxylic acids is 1. The van der Waals surface area contributed by atoms with Crippen LogP contribution in [0, 0.1) is 5.92 Å². The molecule has 0 heterocycles. The van der Waals surface area contributed by atoms with E-state index in [1.54, 1.807) is 0 Å². The van der Waals surface area contributed by atoms with E-state index in [1.807, 2.05) is 34.6 Å². The average molecular weight is 245 g/mol. The van der Waals surface area contributed by atoms with E-state index in [0.29, 0.717) is 6.42 Å². The van der Waals surface area contributed by atoms with Crippen LogP contribution in [0.2, 0.25) is 0 Å². The number of ether oxygens (including phenoxy) is 1. The lowest BCUT2D eigenvalue weighted by Gasteiger charge is -2.21. The van der Waals surface area contributed by atoms with Crippen LogP contribution in [0.1, 0.15) is 41.0 Å². The van der Waals surface area contributed by atoms with E-state index in [0.717, 1.165) is 0 Å². The zero-order chi connectivity index (χ0) is 13.6. The topological polar surface area (TPSA) is 75.6 Å². The van der Waals surface area contributed by atoms with Crippen molar-refractivity contribution in [1.29, 1.82) is 0 Å². The van der Waals surface area contributed by atoms with Crippen LogP contribution in [0.4, 0.5) is 0 Å². The van der Waals surface area contributed by atoms with Gasteiger partial charge in [-0.2, -0.15) is 0 Å². The molecule has 0 aliphatic carbocycles. The monoisotopic (exact) mass is 245 g/mol. The first kappa shape index (κ1) is 15.9. The number of hydrogen-bond acceptors (Lipinski definition) is 3. The third-order valence-electron chi connectivity index (χ3n) is 1.98. The van der Waals surface area contributed by atoms with E-state index >= 15 is 0 Å². The van der Waals surface area contributed by atoms with Gasteiger partial charge in [-0.25, -0.2) is 4.79 Å². The number of nitrogens with one attached hydrogen (secondary N) is 1. The summed E-state index contributed by atoms with van der Waals surface area (Å²) in [6.07, 6.45) is 0.413. The number of hydrogen-bond donors (Lipinski definition) is 2. The Kier molecular flexibility index (Phi) is 6.16. The number of carbonyl (C=O) groups is 2. The van der Waals surface area contributed by atoms with Crippen LogP contribution in [-0.2, 0) is 14.3 Å². The first-order valence-corrected chi connectivity index (χ1v) is 5.78. The average Bonchev–Trinajstić information content (AvgIpc) is 2.11. The number of carboxylic acid groups (broad SMARTS) is 1. The maximum Gasteiger partial charge on any atom is 0.326 e. The minimum absolute atomic E-state index is 0.120. The molecule has 0 radical (unpaired) electrons. The van der Waals surface area contributed by atoms with Crippen LogP contribution in [0.25, 0.3) is 0 Å². The van der Waals surface area contributed by atoms with Crippen LogP contribution in [0.3, 0.4) is 0 Å². The molecule has 5 nitrogen and oxygen atoms in total. The molecule has 0 aliphatic rings. The van der Waals surface area contributed by atoms with Gasteiger partial charge in [0.2, 0.25) is 5.91 Å². The van der Waals surface area contributed by atoms with Gasteiger partial charge >= 0.3 is 5.97 Å². The molecular weight excluding hydrogens is 222 g/mol. The van der Waals surface area contributed by atoms with Crippen molar-refractivity contribution >= 4 is 11.9 Å². The fourth-order valence-electron chi connectivity index (χ4n) is 1.21. The molecule has 0 aromatic rings. The van der Waals surface area contributed by atoms with Crippen molar-refractivity contribution in [2.45, 2.75) is 52.7 Å². The third kappa shape index (κ3) is 8.68. The molecular formula is C12H23NO4. The Balaban J connectivity index is 4.18. The second-order valence-electron chi connectivity index (χ2n) is 5.49. The lowest BCUT2D eigenvalue weighted by Crippen LogP contribution is -2.44. The van der Waals surface area contributed by atoms with Gasteiger partial charge in [-0.05, 0) is 33.1 Å². The predicted octanol–water partition coefficient (Wildman–Crippen LogP) is 1.42. The summed E-state index contributed by atoms with van der Waals surface area (Å²) in [6.45, 7) is 9.21. The summed E-state index contributed by atoms with van der Waals surface area (Å²) in [5.74, 6) is -1.20. The number of carbonyl (C=O) groups excluding carboxylic acids is 1. The quantitative estimate of drug-likeness (QED) is 0.742. The van der Waals surface area contributed by atoms with Gasteiger partial charge < -0.3 is 15.2 Å². The first-order chi connectivity index (χ1) is 7.61. The molecule has 0 fully saturated rings. The molecule has 100 valence electrons. The molecule has 2 N–H and O–H groups in total. The van der Waals surface area contributed by atoms with E-state index < -0.39 is 23.5 Å². The molecule has 1 unspecified atom stereocenters. The van der Waals surface area contributed by atoms with Crippen molar-refractivity contribution < 1.29 is 19.4 Å². The fourth-order valence-corrected chi connectivity index (χ4v) is 1.21. The number of carboxylic acids is 1. The van der Waals surface area contributed by atoms with Crippen molar-refractivity contribution in [3.05, 3.63) is 0 Å². The van der Waals surface area contributed by atoms with E-state index in [2.05, 4.69) is 5.32 Å². The van der Waals surface area contributed by atoms with Crippen molar-refractivity contribution in [2.24, 2.45) is 5.92 Å². The SMILES string of the molecule is CC(C)CC(NC(=O)COC(C)(C)C)C(=O)O. The third-order valence-corrected chi connectivity index (χ3v) is 1.98. The Labute approximate surface area is 103 Å². The van der Waals surface area contributed by atoms with E-state index in [-0.39, 0.29) is 12.5 Å². The van der Waals surface area contributed by atoms with Crippen LogP contribution in [0.5, 0.6) is 0 Å².